The maximum absolute atomic E-state index is 4.56. The summed E-state index contributed by atoms with van der Waals surface area (Å²) in [5.41, 5.74) is 1.21. The Kier molecular flexibility index (Phi) is 9.23. The predicted molar refractivity (Wildman–Crippen MR) is 128 cm³/mol. The summed E-state index contributed by atoms with van der Waals surface area (Å²) in [5, 5.41) is 7.14. The molecule has 2 saturated heterocycles. The van der Waals surface area contributed by atoms with Gasteiger partial charge in [0.1, 0.15) is 5.82 Å². The van der Waals surface area contributed by atoms with Crippen molar-refractivity contribution in [2.24, 2.45) is 4.99 Å². The molecule has 158 valence electrons. The van der Waals surface area contributed by atoms with Crippen molar-refractivity contribution in [1.82, 2.24) is 25.4 Å². The van der Waals surface area contributed by atoms with Gasteiger partial charge < -0.3 is 20.4 Å². The van der Waals surface area contributed by atoms with E-state index in [0.29, 0.717) is 12.1 Å². The van der Waals surface area contributed by atoms with Crippen molar-refractivity contribution in [3.8, 4) is 0 Å². The van der Waals surface area contributed by atoms with E-state index in [1.54, 1.807) is 0 Å². The lowest BCUT2D eigenvalue weighted by molar-refractivity contribution is 0.116. The van der Waals surface area contributed by atoms with E-state index in [9.17, 15) is 0 Å². The number of rotatable bonds is 4. The first-order chi connectivity index (χ1) is 13.0. The Bertz CT molecular complexity index is 613. The molecule has 1 aromatic heterocycles. The van der Waals surface area contributed by atoms with Crippen molar-refractivity contribution < 1.29 is 0 Å². The van der Waals surface area contributed by atoms with Crippen LogP contribution >= 0.6 is 24.0 Å². The fraction of sp³-hybridized carbons (Fsp3) is 0.700. The summed E-state index contributed by atoms with van der Waals surface area (Å²) in [4.78, 5) is 16.2. The average Bonchev–Trinajstić information content (AvgIpc) is 2.68. The molecule has 0 aliphatic carbocycles. The van der Waals surface area contributed by atoms with Crippen molar-refractivity contribution in [3.63, 3.8) is 0 Å². The second-order valence-electron chi connectivity index (χ2n) is 7.95. The van der Waals surface area contributed by atoms with Crippen LogP contribution in [0, 0.1) is 6.92 Å². The molecule has 2 N–H and O–H groups in total. The highest BCUT2D eigenvalue weighted by molar-refractivity contribution is 14.0. The number of pyridine rings is 1. The number of guanidine groups is 1. The van der Waals surface area contributed by atoms with Crippen molar-refractivity contribution in [3.05, 3.63) is 23.9 Å². The lowest BCUT2D eigenvalue weighted by Gasteiger charge is -2.38. The minimum absolute atomic E-state index is 0. The highest BCUT2D eigenvalue weighted by Crippen LogP contribution is 2.18. The largest absolute Gasteiger partial charge is 0.356 e. The Balaban J connectivity index is 0.00000280. The maximum atomic E-state index is 4.56. The minimum atomic E-state index is 0. The number of hydrogen-bond donors (Lipinski definition) is 2. The summed E-state index contributed by atoms with van der Waals surface area (Å²) in [6, 6.07) is 5.25. The van der Waals surface area contributed by atoms with E-state index in [2.05, 4.69) is 68.5 Å². The van der Waals surface area contributed by atoms with Crippen LogP contribution in [0.15, 0.2) is 23.3 Å². The van der Waals surface area contributed by atoms with Crippen LogP contribution in [-0.4, -0.2) is 93.2 Å². The topological polar surface area (TPSA) is 59.0 Å². The van der Waals surface area contributed by atoms with Gasteiger partial charge in [0.2, 0.25) is 0 Å². The number of hydrogen-bond acceptors (Lipinski definition) is 5. The maximum Gasteiger partial charge on any atom is 0.191 e. The standard InChI is InChI=1S/C20H35N7.HI/c1-16-5-6-19(22-13-16)27-9-7-17(8-10-27)24-20(21-2)23-14-18-15-25(3)11-12-26(18)4;/h5-6,13,17-18H,7-12,14-15H2,1-4H3,(H2,21,23,24);1H. The zero-order chi connectivity index (χ0) is 19.2. The number of aliphatic imine (C=N–C) groups is 1. The van der Waals surface area contributed by atoms with Gasteiger partial charge in [-0.1, -0.05) is 6.07 Å². The number of nitrogens with zero attached hydrogens (tertiary/aromatic N) is 5. The van der Waals surface area contributed by atoms with Gasteiger partial charge in [0.15, 0.2) is 5.96 Å². The van der Waals surface area contributed by atoms with Gasteiger partial charge in [-0.05, 0) is 45.5 Å². The summed E-state index contributed by atoms with van der Waals surface area (Å²) in [6.07, 6.45) is 4.15. The van der Waals surface area contributed by atoms with Crippen molar-refractivity contribution in [1.29, 1.82) is 0 Å². The zero-order valence-electron chi connectivity index (χ0n) is 17.7. The number of likely N-dealkylation sites (N-methyl/N-ethyl adjacent to an activating group) is 2. The molecule has 0 spiro atoms. The minimum Gasteiger partial charge on any atom is -0.356 e. The highest BCUT2D eigenvalue weighted by atomic mass is 127. The molecule has 2 aliphatic rings. The lowest BCUT2D eigenvalue weighted by Crippen LogP contribution is -2.56. The third-order valence-corrected chi connectivity index (χ3v) is 5.76. The fourth-order valence-electron chi connectivity index (χ4n) is 3.82. The van der Waals surface area contributed by atoms with Crippen LogP contribution in [0.2, 0.25) is 0 Å². The van der Waals surface area contributed by atoms with Crippen LogP contribution < -0.4 is 15.5 Å². The third-order valence-electron chi connectivity index (χ3n) is 5.76. The van der Waals surface area contributed by atoms with Gasteiger partial charge in [0.25, 0.3) is 0 Å². The smallest absolute Gasteiger partial charge is 0.191 e. The second-order valence-corrected chi connectivity index (χ2v) is 7.95. The van der Waals surface area contributed by atoms with E-state index in [-0.39, 0.29) is 24.0 Å². The number of nitrogens with one attached hydrogen (secondary N) is 2. The molecule has 2 fully saturated rings. The summed E-state index contributed by atoms with van der Waals surface area (Å²) in [7, 11) is 6.27. The molecule has 3 rings (SSSR count). The molecule has 0 bridgehead atoms. The van der Waals surface area contributed by atoms with Gasteiger partial charge in [0, 0.05) is 64.6 Å². The zero-order valence-corrected chi connectivity index (χ0v) is 20.0. The van der Waals surface area contributed by atoms with Gasteiger partial charge in [-0.15, -0.1) is 24.0 Å². The summed E-state index contributed by atoms with van der Waals surface area (Å²) in [6.45, 7) is 8.43. The van der Waals surface area contributed by atoms with Crippen LogP contribution in [0.25, 0.3) is 0 Å². The molecular weight excluding hydrogens is 465 g/mol. The van der Waals surface area contributed by atoms with Gasteiger partial charge in [-0.2, -0.15) is 0 Å². The molecule has 1 atom stereocenters. The summed E-state index contributed by atoms with van der Waals surface area (Å²) in [5.74, 6) is 2.01. The monoisotopic (exact) mass is 501 g/mol. The van der Waals surface area contributed by atoms with Gasteiger partial charge in [-0.3, -0.25) is 9.89 Å². The van der Waals surface area contributed by atoms with Crippen LogP contribution in [-0.2, 0) is 0 Å². The molecule has 8 heteroatoms. The fourth-order valence-corrected chi connectivity index (χ4v) is 3.82. The van der Waals surface area contributed by atoms with E-state index in [4.69, 9.17) is 0 Å². The molecular formula is C20H36IN7. The number of aromatic nitrogens is 1. The first-order valence-electron chi connectivity index (χ1n) is 10.1. The summed E-state index contributed by atoms with van der Waals surface area (Å²) < 4.78 is 0. The molecule has 0 aromatic carbocycles. The molecule has 2 aliphatic heterocycles. The first-order valence-corrected chi connectivity index (χ1v) is 10.1. The van der Waals surface area contributed by atoms with Crippen LogP contribution in [0.1, 0.15) is 18.4 Å². The first kappa shape index (κ1) is 23.2. The number of halogens is 1. The number of piperidine rings is 1. The van der Waals surface area contributed by atoms with Crippen molar-refractivity contribution in [2.75, 3.05) is 65.3 Å². The van der Waals surface area contributed by atoms with Crippen LogP contribution in [0.4, 0.5) is 5.82 Å². The SMILES string of the molecule is CN=C(NCC1CN(C)CCN1C)NC1CCN(c2ccc(C)cn2)CC1.I. The number of piperazine rings is 1. The van der Waals surface area contributed by atoms with Gasteiger partial charge in [0.05, 0.1) is 0 Å². The lowest BCUT2D eigenvalue weighted by atomic mass is 10.1. The Morgan fingerprint density at radius 2 is 1.93 bits per heavy atom. The Morgan fingerprint density at radius 3 is 2.57 bits per heavy atom. The van der Waals surface area contributed by atoms with Gasteiger partial charge in [-0.25, -0.2) is 4.98 Å². The Labute approximate surface area is 187 Å². The number of anilines is 1. The quantitative estimate of drug-likeness (QED) is 0.370. The molecule has 28 heavy (non-hydrogen) atoms. The van der Waals surface area contributed by atoms with Crippen molar-refractivity contribution in [2.45, 2.75) is 31.8 Å². The van der Waals surface area contributed by atoms with Crippen LogP contribution in [0.5, 0.6) is 0 Å². The normalized spacial score (nSPS) is 22.6. The Hall–Kier alpha value is -1.13. The predicted octanol–water partition coefficient (Wildman–Crippen LogP) is 1.39. The van der Waals surface area contributed by atoms with Crippen LogP contribution in [0.3, 0.4) is 0 Å². The summed E-state index contributed by atoms with van der Waals surface area (Å²) >= 11 is 0. The molecule has 1 aromatic rings. The molecule has 0 amide bonds. The second kappa shape index (κ2) is 11.2. The highest BCUT2D eigenvalue weighted by Gasteiger charge is 2.24. The molecule has 0 saturated carbocycles. The molecule has 1 unspecified atom stereocenters. The van der Waals surface area contributed by atoms with Gasteiger partial charge >= 0.3 is 0 Å². The molecule has 7 nitrogen and oxygen atoms in total. The molecule has 0 radical (unpaired) electrons. The Morgan fingerprint density at radius 1 is 1.18 bits per heavy atom. The van der Waals surface area contributed by atoms with E-state index in [1.165, 1.54) is 5.56 Å². The third kappa shape index (κ3) is 6.45. The van der Waals surface area contributed by atoms with E-state index in [1.807, 2.05) is 13.2 Å². The number of aryl methyl sites for hydroxylation is 1. The van der Waals surface area contributed by atoms with E-state index >= 15 is 0 Å². The average molecular weight is 501 g/mol. The van der Waals surface area contributed by atoms with E-state index in [0.717, 1.165) is 63.9 Å². The molecule has 3 heterocycles. The van der Waals surface area contributed by atoms with E-state index < -0.39 is 0 Å². The van der Waals surface area contributed by atoms with Crippen molar-refractivity contribution >= 4 is 35.8 Å².